The van der Waals surface area contributed by atoms with Gasteiger partial charge in [0.2, 0.25) is 0 Å². The first-order valence-corrected chi connectivity index (χ1v) is 7.36. The second-order valence-corrected chi connectivity index (χ2v) is 6.71. The van der Waals surface area contributed by atoms with E-state index in [0.29, 0.717) is 19.5 Å². The van der Waals surface area contributed by atoms with Gasteiger partial charge in [-0.05, 0) is 32.8 Å². The summed E-state index contributed by atoms with van der Waals surface area (Å²) in [4.78, 5) is 25.3. The van der Waals surface area contributed by atoms with Crippen LogP contribution in [0.2, 0.25) is 0 Å². The molecule has 7 nitrogen and oxygen atoms in total. The first-order valence-electron chi connectivity index (χ1n) is 7.36. The number of hydrogen-bond acceptors (Lipinski definition) is 4. The number of aliphatic carboxylic acids is 1. The van der Waals surface area contributed by atoms with Crippen molar-refractivity contribution in [2.75, 3.05) is 13.1 Å². The van der Waals surface area contributed by atoms with E-state index in [9.17, 15) is 14.7 Å². The number of carboxylic acid groups (broad SMARTS) is 1. The number of likely N-dealkylation sites (tertiary alicyclic amines) is 1. The molecule has 0 spiro atoms. The number of aromatic nitrogens is 2. The molecule has 0 aromatic carbocycles. The lowest BCUT2D eigenvalue weighted by Gasteiger charge is -2.37. The molecule has 2 atom stereocenters. The molecule has 0 unspecified atom stereocenters. The minimum Gasteiger partial charge on any atom is -0.481 e. The van der Waals surface area contributed by atoms with Crippen LogP contribution < -0.4 is 0 Å². The zero-order chi connectivity index (χ0) is 16.5. The van der Waals surface area contributed by atoms with Crippen molar-refractivity contribution in [3.8, 4) is 0 Å². The SMILES string of the molecule is Cn1cc([C@@H]2CN(C(=O)OC(C)(C)C)CC[C@@H]2C(=O)O)cn1. The van der Waals surface area contributed by atoms with E-state index in [-0.39, 0.29) is 5.92 Å². The Hall–Kier alpha value is -2.05. The van der Waals surface area contributed by atoms with E-state index in [1.165, 1.54) is 0 Å². The Morgan fingerprint density at radius 2 is 2.09 bits per heavy atom. The van der Waals surface area contributed by atoms with Crippen molar-refractivity contribution in [2.24, 2.45) is 13.0 Å². The van der Waals surface area contributed by atoms with Gasteiger partial charge in [-0.3, -0.25) is 9.48 Å². The van der Waals surface area contributed by atoms with Crippen LogP contribution in [-0.4, -0.2) is 50.5 Å². The highest BCUT2D eigenvalue weighted by atomic mass is 16.6. The van der Waals surface area contributed by atoms with E-state index in [2.05, 4.69) is 5.10 Å². The van der Waals surface area contributed by atoms with Crippen LogP contribution in [0.4, 0.5) is 4.79 Å². The first-order chi connectivity index (χ1) is 10.2. The van der Waals surface area contributed by atoms with Crippen molar-refractivity contribution in [3.05, 3.63) is 18.0 Å². The summed E-state index contributed by atoms with van der Waals surface area (Å²) in [7, 11) is 1.79. The predicted octanol–water partition coefficient (Wildman–Crippen LogP) is 1.85. The molecular weight excluding hydrogens is 286 g/mol. The van der Waals surface area contributed by atoms with Crippen molar-refractivity contribution < 1.29 is 19.4 Å². The molecule has 1 aliphatic heterocycles. The third-order valence-corrected chi connectivity index (χ3v) is 3.73. The summed E-state index contributed by atoms with van der Waals surface area (Å²) < 4.78 is 7.02. The van der Waals surface area contributed by atoms with E-state index in [4.69, 9.17) is 4.74 Å². The number of ether oxygens (including phenoxy) is 1. The predicted molar refractivity (Wildman–Crippen MR) is 79.5 cm³/mol. The number of nitrogens with zero attached hydrogens (tertiary/aromatic N) is 3. The highest BCUT2D eigenvalue weighted by Crippen LogP contribution is 2.33. The summed E-state index contributed by atoms with van der Waals surface area (Å²) >= 11 is 0. The maximum absolute atomic E-state index is 12.2. The molecule has 1 amide bonds. The Kier molecular flexibility index (Phi) is 4.44. The molecular formula is C15H23N3O4. The van der Waals surface area contributed by atoms with Crippen LogP contribution in [0.1, 0.15) is 38.7 Å². The van der Waals surface area contributed by atoms with Crippen LogP contribution in [0.5, 0.6) is 0 Å². The van der Waals surface area contributed by atoms with Gasteiger partial charge in [0.15, 0.2) is 0 Å². The number of amides is 1. The standard InChI is InChI=1S/C15H23N3O4/c1-15(2,3)22-14(21)18-6-5-11(13(19)20)12(9-18)10-7-16-17(4)8-10/h7-8,11-12H,5-6,9H2,1-4H3,(H,19,20)/t11-,12-/m0/s1. The molecule has 1 aliphatic rings. The van der Waals surface area contributed by atoms with Crippen molar-refractivity contribution >= 4 is 12.1 Å². The van der Waals surface area contributed by atoms with Gasteiger partial charge in [0.1, 0.15) is 5.60 Å². The summed E-state index contributed by atoms with van der Waals surface area (Å²) in [6.45, 7) is 6.16. The van der Waals surface area contributed by atoms with Crippen molar-refractivity contribution in [3.63, 3.8) is 0 Å². The van der Waals surface area contributed by atoms with Gasteiger partial charge < -0.3 is 14.7 Å². The second kappa shape index (κ2) is 5.98. The minimum atomic E-state index is -0.835. The fraction of sp³-hybridized carbons (Fsp3) is 0.667. The Labute approximate surface area is 129 Å². The molecule has 2 heterocycles. The normalized spacial score (nSPS) is 22.5. The lowest BCUT2D eigenvalue weighted by molar-refractivity contribution is -0.144. The number of piperidine rings is 1. The first kappa shape index (κ1) is 16.3. The van der Waals surface area contributed by atoms with Crippen LogP contribution in [0.15, 0.2) is 12.4 Å². The summed E-state index contributed by atoms with van der Waals surface area (Å²) in [5.74, 6) is -1.62. The van der Waals surface area contributed by atoms with Gasteiger partial charge in [-0.1, -0.05) is 0 Å². The van der Waals surface area contributed by atoms with E-state index in [1.807, 2.05) is 20.8 Å². The Morgan fingerprint density at radius 1 is 1.41 bits per heavy atom. The Balaban J connectivity index is 2.16. The van der Waals surface area contributed by atoms with Gasteiger partial charge >= 0.3 is 12.1 Å². The number of hydrogen-bond donors (Lipinski definition) is 1. The van der Waals surface area contributed by atoms with Crippen LogP contribution in [0.25, 0.3) is 0 Å². The van der Waals surface area contributed by atoms with E-state index in [1.54, 1.807) is 29.0 Å². The summed E-state index contributed by atoms with van der Waals surface area (Å²) in [5, 5.41) is 13.5. The molecule has 1 saturated heterocycles. The fourth-order valence-electron chi connectivity index (χ4n) is 2.71. The highest BCUT2D eigenvalue weighted by molar-refractivity contribution is 5.73. The largest absolute Gasteiger partial charge is 0.481 e. The number of carboxylic acids is 1. The lowest BCUT2D eigenvalue weighted by Crippen LogP contribution is -2.46. The topological polar surface area (TPSA) is 84.7 Å². The van der Waals surface area contributed by atoms with Crippen molar-refractivity contribution in [1.82, 2.24) is 14.7 Å². The van der Waals surface area contributed by atoms with E-state index >= 15 is 0 Å². The number of aryl methyl sites for hydroxylation is 1. The zero-order valence-corrected chi connectivity index (χ0v) is 13.4. The van der Waals surface area contributed by atoms with Crippen LogP contribution in [0.3, 0.4) is 0 Å². The molecule has 2 rings (SSSR count). The summed E-state index contributed by atoms with van der Waals surface area (Å²) in [5.41, 5.74) is 0.271. The average Bonchev–Trinajstić information content (AvgIpc) is 2.82. The lowest BCUT2D eigenvalue weighted by atomic mass is 9.82. The molecule has 7 heteroatoms. The molecule has 0 saturated carbocycles. The number of carbonyl (C=O) groups is 2. The maximum atomic E-state index is 12.2. The summed E-state index contributed by atoms with van der Waals surface area (Å²) in [6, 6.07) is 0. The third kappa shape index (κ3) is 3.78. The van der Waals surface area contributed by atoms with Gasteiger partial charge in [-0.15, -0.1) is 0 Å². The van der Waals surface area contributed by atoms with E-state index in [0.717, 1.165) is 5.56 Å². The number of carbonyl (C=O) groups excluding carboxylic acids is 1. The molecule has 1 fully saturated rings. The molecule has 0 aliphatic carbocycles. The zero-order valence-electron chi connectivity index (χ0n) is 13.4. The Bertz CT molecular complexity index is 561. The van der Waals surface area contributed by atoms with Crippen LogP contribution in [-0.2, 0) is 16.6 Å². The minimum absolute atomic E-state index is 0.271. The van der Waals surface area contributed by atoms with Crippen molar-refractivity contribution in [1.29, 1.82) is 0 Å². The molecule has 1 N–H and O–H groups in total. The summed E-state index contributed by atoms with van der Waals surface area (Å²) in [6.07, 6.45) is 3.48. The number of rotatable bonds is 2. The molecule has 0 bridgehead atoms. The van der Waals surface area contributed by atoms with E-state index < -0.39 is 23.6 Å². The fourth-order valence-corrected chi connectivity index (χ4v) is 2.71. The molecule has 1 aromatic rings. The van der Waals surface area contributed by atoms with Crippen molar-refractivity contribution in [2.45, 2.75) is 38.7 Å². The average molecular weight is 309 g/mol. The van der Waals surface area contributed by atoms with Crippen LogP contribution in [0, 0.1) is 5.92 Å². The monoisotopic (exact) mass is 309 g/mol. The van der Waals surface area contributed by atoms with Gasteiger partial charge in [0, 0.05) is 32.3 Å². The quantitative estimate of drug-likeness (QED) is 0.901. The van der Waals surface area contributed by atoms with Gasteiger partial charge in [-0.2, -0.15) is 5.10 Å². The third-order valence-electron chi connectivity index (χ3n) is 3.73. The van der Waals surface area contributed by atoms with Gasteiger partial charge in [0.05, 0.1) is 12.1 Å². The molecule has 0 radical (unpaired) electrons. The molecule has 1 aromatic heterocycles. The smallest absolute Gasteiger partial charge is 0.410 e. The van der Waals surface area contributed by atoms with Gasteiger partial charge in [0.25, 0.3) is 0 Å². The molecule has 22 heavy (non-hydrogen) atoms. The van der Waals surface area contributed by atoms with Gasteiger partial charge in [-0.25, -0.2) is 4.79 Å². The molecule has 122 valence electrons. The highest BCUT2D eigenvalue weighted by Gasteiger charge is 2.38. The maximum Gasteiger partial charge on any atom is 0.410 e. The Morgan fingerprint density at radius 3 is 2.59 bits per heavy atom. The van der Waals surface area contributed by atoms with Crippen LogP contribution >= 0.6 is 0 Å². The second-order valence-electron chi connectivity index (χ2n) is 6.71.